The molecule has 4 aliphatic rings. The van der Waals surface area contributed by atoms with E-state index in [0.29, 0.717) is 24.0 Å². The minimum absolute atomic E-state index is 0.0347. The maximum Gasteiger partial charge on any atom is 0.306 e. The molecule has 0 radical (unpaired) electrons. The van der Waals surface area contributed by atoms with E-state index < -0.39 is 0 Å². The lowest BCUT2D eigenvalue weighted by atomic mass is 9.52. The first-order valence-electron chi connectivity index (χ1n) is 12.0. The van der Waals surface area contributed by atoms with Gasteiger partial charge in [-0.25, -0.2) is 0 Å². The minimum Gasteiger partial charge on any atom is -0.462 e. The van der Waals surface area contributed by atoms with Crippen LogP contribution < -0.4 is 0 Å². The van der Waals surface area contributed by atoms with E-state index in [0.717, 1.165) is 50.4 Å². The molecule has 0 bridgehead atoms. The summed E-state index contributed by atoms with van der Waals surface area (Å²) < 4.78 is 6.11. The Kier molecular flexibility index (Phi) is 5.33. The number of aryl methyl sites for hydroxylation is 1. The molecule has 3 heteroatoms. The van der Waals surface area contributed by atoms with Gasteiger partial charge in [0.05, 0.1) is 0 Å². The van der Waals surface area contributed by atoms with Crippen molar-refractivity contribution in [3.8, 4) is 0 Å². The van der Waals surface area contributed by atoms with Crippen LogP contribution in [0.2, 0.25) is 0 Å². The van der Waals surface area contributed by atoms with Gasteiger partial charge in [-0.05, 0) is 86.7 Å². The summed E-state index contributed by atoms with van der Waals surface area (Å²) in [6, 6.07) is 10.2. The van der Waals surface area contributed by atoms with Crippen molar-refractivity contribution in [1.29, 1.82) is 0 Å². The number of hydrogen-bond donors (Lipinski definition) is 0. The molecule has 0 heterocycles. The van der Waals surface area contributed by atoms with Crippen LogP contribution in [0.25, 0.3) is 0 Å². The van der Waals surface area contributed by atoms with E-state index in [4.69, 9.17) is 4.74 Å². The molecule has 0 aliphatic heterocycles. The summed E-state index contributed by atoms with van der Waals surface area (Å²) >= 11 is 0. The van der Waals surface area contributed by atoms with Gasteiger partial charge in [-0.3, -0.25) is 9.59 Å². The van der Waals surface area contributed by atoms with Crippen LogP contribution in [0.4, 0.5) is 0 Å². The number of carbonyl (C=O) groups excluding carboxylic acids is 2. The molecule has 30 heavy (non-hydrogen) atoms. The van der Waals surface area contributed by atoms with Crippen LogP contribution in [0, 0.1) is 29.1 Å². The standard InChI is InChI=1S/C27H34O3/c1-27-16-15-22-21-11-9-20(28)17-19(21)8-10-23(22)24(27)12-13-25(27)30-26(29)14-7-18-5-3-2-4-6-18/h2-6,17,21-25H,7-16H2,1H3/t21-,22-,23+,24+,25-,27-/m0/s1. The molecule has 0 unspecified atom stereocenters. The van der Waals surface area contributed by atoms with Gasteiger partial charge < -0.3 is 4.74 Å². The third kappa shape index (κ3) is 3.55. The molecule has 1 aromatic rings. The zero-order valence-electron chi connectivity index (χ0n) is 18.1. The fourth-order valence-electron chi connectivity index (χ4n) is 7.43. The Bertz CT molecular complexity index is 841. The lowest BCUT2D eigenvalue weighted by molar-refractivity contribution is -0.158. The molecule has 3 fully saturated rings. The lowest BCUT2D eigenvalue weighted by Crippen LogP contribution is -2.48. The average Bonchev–Trinajstić information content (AvgIpc) is 3.09. The number of esters is 1. The Hall–Kier alpha value is -1.90. The van der Waals surface area contributed by atoms with Crippen LogP contribution >= 0.6 is 0 Å². The molecule has 1 aromatic carbocycles. The van der Waals surface area contributed by atoms with Gasteiger partial charge in [0.1, 0.15) is 6.10 Å². The summed E-state index contributed by atoms with van der Waals surface area (Å²) in [7, 11) is 0. The van der Waals surface area contributed by atoms with E-state index in [-0.39, 0.29) is 17.5 Å². The zero-order chi connectivity index (χ0) is 20.7. The summed E-state index contributed by atoms with van der Waals surface area (Å²) in [6.45, 7) is 2.39. The van der Waals surface area contributed by atoms with Crippen LogP contribution in [0.5, 0.6) is 0 Å². The number of ketones is 1. The van der Waals surface area contributed by atoms with Crippen LogP contribution in [0.1, 0.15) is 70.3 Å². The quantitative estimate of drug-likeness (QED) is 0.605. The summed E-state index contributed by atoms with van der Waals surface area (Å²) in [5.41, 5.74) is 2.77. The Morgan fingerprint density at radius 3 is 2.70 bits per heavy atom. The highest BCUT2D eigenvalue weighted by Crippen LogP contribution is 2.62. The van der Waals surface area contributed by atoms with E-state index in [1.165, 1.54) is 30.4 Å². The Morgan fingerprint density at radius 2 is 1.87 bits per heavy atom. The number of fused-ring (bicyclic) bond motifs is 5. The Labute approximate surface area is 180 Å². The number of benzene rings is 1. The summed E-state index contributed by atoms with van der Waals surface area (Å²) in [6.07, 6.45) is 12.0. The first-order valence-corrected chi connectivity index (χ1v) is 12.0. The first-order chi connectivity index (χ1) is 14.5. The fourth-order valence-corrected chi connectivity index (χ4v) is 7.43. The van der Waals surface area contributed by atoms with Gasteiger partial charge in [-0.1, -0.05) is 42.8 Å². The molecule has 5 rings (SSSR count). The van der Waals surface area contributed by atoms with Gasteiger partial charge in [0, 0.05) is 18.3 Å². The molecule has 3 saturated carbocycles. The highest BCUT2D eigenvalue weighted by Gasteiger charge is 2.57. The fraction of sp³-hybridized carbons (Fsp3) is 0.630. The lowest BCUT2D eigenvalue weighted by Gasteiger charge is -2.53. The maximum atomic E-state index is 12.6. The molecule has 3 nitrogen and oxygen atoms in total. The third-order valence-corrected chi connectivity index (χ3v) is 8.95. The van der Waals surface area contributed by atoms with Gasteiger partial charge in [0.15, 0.2) is 5.78 Å². The third-order valence-electron chi connectivity index (χ3n) is 8.95. The highest BCUT2D eigenvalue weighted by atomic mass is 16.5. The predicted molar refractivity (Wildman–Crippen MR) is 117 cm³/mol. The van der Waals surface area contributed by atoms with Crippen LogP contribution in [-0.4, -0.2) is 17.9 Å². The molecule has 0 saturated heterocycles. The monoisotopic (exact) mass is 406 g/mol. The van der Waals surface area contributed by atoms with Gasteiger partial charge >= 0.3 is 5.97 Å². The van der Waals surface area contributed by atoms with Crippen molar-refractivity contribution < 1.29 is 14.3 Å². The second-order valence-corrected chi connectivity index (χ2v) is 10.4. The molecule has 160 valence electrons. The summed E-state index contributed by atoms with van der Waals surface area (Å²) in [5, 5.41) is 0. The zero-order valence-corrected chi connectivity index (χ0v) is 18.1. The van der Waals surface area contributed by atoms with Gasteiger partial charge in [-0.15, -0.1) is 0 Å². The molecule has 0 amide bonds. The van der Waals surface area contributed by atoms with Crippen molar-refractivity contribution in [2.75, 3.05) is 0 Å². The minimum atomic E-state index is -0.0347. The van der Waals surface area contributed by atoms with E-state index in [9.17, 15) is 9.59 Å². The topological polar surface area (TPSA) is 43.4 Å². The van der Waals surface area contributed by atoms with Gasteiger partial charge in [0.25, 0.3) is 0 Å². The molecule has 0 N–H and O–H groups in total. The smallest absolute Gasteiger partial charge is 0.306 e. The van der Waals surface area contributed by atoms with Crippen molar-refractivity contribution in [1.82, 2.24) is 0 Å². The molecule has 0 spiro atoms. The number of ether oxygens (including phenoxy) is 1. The summed E-state index contributed by atoms with van der Waals surface area (Å²) in [4.78, 5) is 24.5. The van der Waals surface area contributed by atoms with E-state index >= 15 is 0 Å². The molecular weight excluding hydrogens is 372 g/mol. The van der Waals surface area contributed by atoms with Crippen LogP contribution in [0.3, 0.4) is 0 Å². The number of allylic oxidation sites excluding steroid dienone is 1. The predicted octanol–water partition coefficient (Wildman–Crippen LogP) is 5.67. The maximum absolute atomic E-state index is 12.6. The van der Waals surface area contributed by atoms with Crippen molar-refractivity contribution in [2.45, 2.75) is 77.2 Å². The normalized spacial score (nSPS) is 37.6. The van der Waals surface area contributed by atoms with Crippen molar-refractivity contribution in [3.63, 3.8) is 0 Å². The van der Waals surface area contributed by atoms with Crippen LogP contribution in [0.15, 0.2) is 42.0 Å². The number of hydrogen-bond acceptors (Lipinski definition) is 3. The van der Waals surface area contributed by atoms with Gasteiger partial charge in [0.2, 0.25) is 0 Å². The molecule has 4 aliphatic carbocycles. The Morgan fingerprint density at radius 1 is 1.03 bits per heavy atom. The van der Waals surface area contributed by atoms with Crippen molar-refractivity contribution >= 4 is 11.8 Å². The van der Waals surface area contributed by atoms with Crippen molar-refractivity contribution in [2.24, 2.45) is 29.1 Å². The number of carbonyl (C=O) groups is 2. The summed E-state index contributed by atoms with van der Waals surface area (Å²) in [5.74, 6) is 3.09. The molecular formula is C27H34O3. The molecule has 6 atom stereocenters. The van der Waals surface area contributed by atoms with E-state index in [2.05, 4.69) is 19.1 Å². The van der Waals surface area contributed by atoms with E-state index in [1.54, 1.807) is 0 Å². The second-order valence-electron chi connectivity index (χ2n) is 10.4. The second kappa shape index (κ2) is 7.98. The highest BCUT2D eigenvalue weighted by molar-refractivity contribution is 5.91. The van der Waals surface area contributed by atoms with Crippen LogP contribution in [-0.2, 0) is 20.7 Å². The SMILES string of the molecule is C[C@]12CC[C@@H]3[C@@H](CCC4=CC(=O)CC[C@@H]43)[C@H]1CC[C@@H]2OC(=O)CCc1ccccc1. The van der Waals surface area contributed by atoms with Gasteiger partial charge in [-0.2, -0.15) is 0 Å². The largest absolute Gasteiger partial charge is 0.462 e. The Balaban J connectivity index is 1.23. The first kappa shape index (κ1) is 20.0. The molecule has 0 aromatic heterocycles. The van der Waals surface area contributed by atoms with E-state index in [1.807, 2.05) is 24.3 Å². The average molecular weight is 407 g/mol. The number of rotatable bonds is 4. The van der Waals surface area contributed by atoms with Crippen molar-refractivity contribution in [3.05, 3.63) is 47.5 Å².